The standard InChI is InChI=1S/C18H19ClFN3O/c19-18-21-14-7-1-6-13(14)17(22-18)23-9-3-4-11(10-23)12-5-2-8-15(24)16(12)20/h2,5,8,11,24H,1,3-4,6-7,9-10H2. The third-order valence-corrected chi connectivity index (χ3v) is 5.22. The van der Waals surface area contributed by atoms with Crippen LogP contribution in [0.1, 0.15) is 42.0 Å². The number of nitrogens with zero attached hydrogens (tertiary/aromatic N) is 3. The number of benzene rings is 1. The number of phenolic OH excluding ortho intramolecular Hbond substituents is 1. The number of aromatic nitrogens is 2. The van der Waals surface area contributed by atoms with Crippen molar-refractivity contribution in [1.82, 2.24) is 9.97 Å². The van der Waals surface area contributed by atoms with E-state index < -0.39 is 5.82 Å². The third-order valence-electron chi connectivity index (χ3n) is 5.05. The van der Waals surface area contributed by atoms with Crippen molar-refractivity contribution in [2.24, 2.45) is 0 Å². The molecule has 1 aromatic carbocycles. The maximum Gasteiger partial charge on any atom is 0.224 e. The molecule has 0 saturated carbocycles. The maximum absolute atomic E-state index is 14.3. The van der Waals surface area contributed by atoms with Crippen molar-refractivity contribution < 1.29 is 9.50 Å². The van der Waals surface area contributed by atoms with Gasteiger partial charge in [0.25, 0.3) is 0 Å². The minimum absolute atomic E-state index is 0.0386. The van der Waals surface area contributed by atoms with Crippen LogP contribution in [0, 0.1) is 5.82 Å². The number of hydrogen-bond donors (Lipinski definition) is 1. The van der Waals surface area contributed by atoms with E-state index in [1.54, 1.807) is 12.1 Å². The molecule has 0 spiro atoms. The summed E-state index contributed by atoms with van der Waals surface area (Å²) in [7, 11) is 0. The highest BCUT2D eigenvalue weighted by molar-refractivity contribution is 6.28. The van der Waals surface area contributed by atoms with Gasteiger partial charge in [-0.2, -0.15) is 0 Å². The van der Waals surface area contributed by atoms with E-state index in [0.717, 1.165) is 50.2 Å². The molecule has 0 bridgehead atoms. The number of phenols is 1. The van der Waals surface area contributed by atoms with E-state index in [1.165, 1.54) is 11.6 Å². The highest BCUT2D eigenvalue weighted by atomic mass is 35.5. The molecule has 1 fully saturated rings. The van der Waals surface area contributed by atoms with Crippen molar-refractivity contribution in [2.45, 2.75) is 38.0 Å². The largest absolute Gasteiger partial charge is 0.505 e. The van der Waals surface area contributed by atoms with Crippen LogP contribution < -0.4 is 4.90 Å². The van der Waals surface area contributed by atoms with Gasteiger partial charge in [0.05, 0.1) is 5.69 Å². The Morgan fingerprint density at radius 2 is 2.08 bits per heavy atom. The normalized spacial score (nSPS) is 20.2. The highest BCUT2D eigenvalue weighted by Gasteiger charge is 2.29. The fourth-order valence-electron chi connectivity index (χ4n) is 3.92. The first-order chi connectivity index (χ1) is 11.6. The Morgan fingerprint density at radius 3 is 2.96 bits per heavy atom. The molecular formula is C18H19ClFN3O. The highest BCUT2D eigenvalue weighted by Crippen LogP contribution is 2.36. The first-order valence-electron chi connectivity index (χ1n) is 8.41. The molecule has 1 aromatic heterocycles. The van der Waals surface area contributed by atoms with Crippen molar-refractivity contribution in [1.29, 1.82) is 0 Å². The van der Waals surface area contributed by atoms with Crippen LogP contribution in [0.25, 0.3) is 0 Å². The number of anilines is 1. The fourth-order valence-corrected chi connectivity index (χ4v) is 4.10. The zero-order valence-corrected chi connectivity index (χ0v) is 14.1. The molecule has 4 rings (SSSR count). The Labute approximate surface area is 145 Å². The van der Waals surface area contributed by atoms with Crippen molar-refractivity contribution in [2.75, 3.05) is 18.0 Å². The molecule has 1 unspecified atom stereocenters. The van der Waals surface area contributed by atoms with Crippen LogP contribution in [0.5, 0.6) is 5.75 Å². The Kier molecular flexibility index (Phi) is 4.04. The van der Waals surface area contributed by atoms with Gasteiger partial charge < -0.3 is 10.0 Å². The second kappa shape index (κ2) is 6.20. The molecule has 126 valence electrons. The van der Waals surface area contributed by atoms with Gasteiger partial charge in [-0.15, -0.1) is 0 Å². The van der Waals surface area contributed by atoms with Gasteiger partial charge in [0.15, 0.2) is 11.6 Å². The predicted molar refractivity (Wildman–Crippen MR) is 91.3 cm³/mol. The van der Waals surface area contributed by atoms with Crippen LogP contribution in [0.2, 0.25) is 5.28 Å². The molecule has 4 nitrogen and oxygen atoms in total. The average molecular weight is 348 g/mol. The Morgan fingerprint density at radius 1 is 1.21 bits per heavy atom. The Bertz CT molecular complexity index is 783. The number of aromatic hydroxyl groups is 1. The molecule has 1 N–H and O–H groups in total. The lowest BCUT2D eigenvalue weighted by Gasteiger charge is -2.35. The second-order valence-corrected chi connectivity index (χ2v) is 6.90. The molecule has 6 heteroatoms. The topological polar surface area (TPSA) is 49.2 Å². The number of aryl methyl sites for hydroxylation is 1. The van der Waals surface area contributed by atoms with Gasteiger partial charge in [-0.05, 0) is 55.3 Å². The van der Waals surface area contributed by atoms with Gasteiger partial charge >= 0.3 is 0 Å². The molecule has 1 aliphatic carbocycles. The number of fused-ring (bicyclic) bond motifs is 1. The summed E-state index contributed by atoms with van der Waals surface area (Å²) in [6, 6.07) is 4.85. The fraction of sp³-hybridized carbons (Fsp3) is 0.444. The van der Waals surface area contributed by atoms with Gasteiger partial charge in [0.1, 0.15) is 5.82 Å². The van der Waals surface area contributed by atoms with E-state index in [0.29, 0.717) is 12.1 Å². The second-order valence-electron chi connectivity index (χ2n) is 6.56. The molecule has 1 saturated heterocycles. The molecule has 2 heterocycles. The molecule has 0 amide bonds. The molecule has 1 atom stereocenters. The minimum atomic E-state index is -0.504. The van der Waals surface area contributed by atoms with Crippen LogP contribution in [-0.2, 0) is 12.8 Å². The van der Waals surface area contributed by atoms with Gasteiger partial charge in [-0.25, -0.2) is 14.4 Å². The van der Waals surface area contributed by atoms with E-state index in [4.69, 9.17) is 11.6 Å². The SMILES string of the molecule is Oc1cccc(C2CCCN(c3nc(Cl)nc4c3CCC4)C2)c1F. The minimum Gasteiger partial charge on any atom is -0.505 e. The van der Waals surface area contributed by atoms with Crippen molar-refractivity contribution in [3.8, 4) is 5.75 Å². The van der Waals surface area contributed by atoms with Crippen LogP contribution in [0.4, 0.5) is 10.2 Å². The van der Waals surface area contributed by atoms with Crippen LogP contribution in [0.3, 0.4) is 0 Å². The Hall–Kier alpha value is -1.88. The summed E-state index contributed by atoms with van der Waals surface area (Å²) in [4.78, 5) is 11.0. The summed E-state index contributed by atoms with van der Waals surface area (Å²) in [6.07, 6.45) is 4.86. The van der Waals surface area contributed by atoms with E-state index in [9.17, 15) is 9.50 Å². The van der Waals surface area contributed by atoms with Gasteiger partial charge in [0, 0.05) is 24.6 Å². The Balaban J connectivity index is 1.66. The van der Waals surface area contributed by atoms with E-state index in [1.807, 2.05) is 0 Å². The first kappa shape index (κ1) is 15.6. The molecule has 1 aliphatic heterocycles. The molecule has 2 aromatic rings. The average Bonchev–Trinajstić information content (AvgIpc) is 3.05. The zero-order chi connectivity index (χ0) is 16.7. The lowest BCUT2D eigenvalue weighted by Crippen LogP contribution is -2.36. The maximum atomic E-state index is 14.3. The summed E-state index contributed by atoms with van der Waals surface area (Å²) in [6.45, 7) is 1.57. The summed E-state index contributed by atoms with van der Waals surface area (Å²) in [5.74, 6) is 0.162. The summed E-state index contributed by atoms with van der Waals surface area (Å²) >= 11 is 6.11. The van der Waals surface area contributed by atoms with Crippen molar-refractivity contribution in [3.63, 3.8) is 0 Å². The summed E-state index contributed by atoms with van der Waals surface area (Å²) in [5, 5.41) is 9.94. The van der Waals surface area contributed by atoms with E-state index in [-0.39, 0.29) is 17.0 Å². The number of halogens is 2. The van der Waals surface area contributed by atoms with E-state index >= 15 is 0 Å². The van der Waals surface area contributed by atoms with Gasteiger partial charge in [-0.1, -0.05) is 12.1 Å². The van der Waals surface area contributed by atoms with Crippen LogP contribution in [-0.4, -0.2) is 28.2 Å². The smallest absolute Gasteiger partial charge is 0.224 e. The predicted octanol–water partition coefficient (Wildman–Crippen LogP) is 3.85. The number of rotatable bonds is 2. The summed E-state index contributed by atoms with van der Waals surface area (Å²) < 4.78 is 14.3. The van der Waals surface area contributed by atoms with Gasteiger partial charge in [0.2, 0.25) is 5.28 Å². The number of hydrogen-bond acceptors (Lipinski definition) is 4. The van der Waals surface area contributed by atoms with Crippen molar-refractivity contribution in [3.05, 3.63) is 46.1 Å². The molecule has 0 radical (unpaired) electrons. The van der Waals surface area contributed by atoms with Crippen molar-refractivity contribution >= 4 is 17.4 Å². The molecular weight excluding hydrogens is 329 g/mol. The van der Waals surface area contributed by atoms with E-state index in [2.05, 4.69) is 14.9 Å². The lowest BCUT2D eigenvalue weighted by molar-refractivity contribution is 0.417. The molecule has 2 aliphatic rings. The van der Waals surface area contributed by atoms with Crippen LogP contribution in [0.15, 0.2) is 18.2 Å². The number of piperidine rings is 1. The monoisotopic (exact) mass is 347 g/mol. The van der Waals surface area contributed by atoms with Gasteiger partial charge in [-0.3, -0.25) is 0 Å². The quantitative estimate of drug-likeness (QED) is 0.838. The molecule has 24 heavy (non-hydrogen) atoms. The van der Waals surface area contributed by atoms with Crippen LogP contribution >= 0.6 is 11.6 Å². The summed E-state index contributed by atoms with van der Waals surface area (Å²) in [5.41, 5.74) is 2.82. The zero-order valence-electron chi connectivity index (χ0n) is 13.3. The third kappa shape index (κ3) is 2.71. The first-order valence-corrected chi connectivity index (χ1v) is 8.79. The lowest BCUT2D eigenvalue weighted by atomic mass is 9.90.